The van der Waals surface area contributed by atoms with Crippen LogP contribution >= 0.6 is 0 Å². The highest BCUT2D eigenvalue weighted by molar-refractivity contribution is 5.67. The van der Waals surface area contributed by atoms with Crippen molar-refractivity contribution in [1.29, 1.82) is 0 Å². The zero-order valence-corrected chi connectivity index (χ0v) is 10.2. The van der Waals surface area contributed by atoms with Crippen molar-refractivity contribution in [2.24, 2.45) is 11.7 Å². The minimum absolute atomic E-state index is 0.0654. The summed E-state index contributed by atoms with van der Waals surface area (Å²) in [7, 11) is 0. The van der Waals surface area contributed by atoms with Gasteiger partial charge in [0.05, 0.1) is 0 Å². The van der Waals surface area contributed by atoms with Gasteiger partial charge in [-0.05, 0) is 39.5 Å². The summed E-state index contributed by atoms with van der Waals surface area (Å²) >= 11 is 0. The van der Waals surface area contributed by atoms with Crippen LogP contribution in [0.2, 0.25) is 0 Å². The van der Waals surface area contributed by atoms with E-state index >= 15 is 0 Å². The number of rotatable bonds is 3. The number of hydrogen-bond acceptors (Lipinski definition) is 3. The third kappa shape index (κ3) is 3.96. The first-order valence-corrected chi connectivity index (χ1v) is 5.60. The van der Waals surface area contributed by atoms with Crippen LogP contribution in [-0.4, -0.2) is 30.5 Å². The van der Waals surface area contributed by atoms with Crippen molar-refractivity contribution in [3.63, 3.8) is 0 Å². The molecule has 94 valence electrons. The van der Waals surface area contributed by atoms with E-state index in [1.54, 1.807) is 20.8 Å². The first-order chi connectivity index (χ1) is 7.24. The molecule has 0 atom stereocenters. The minimum atomic E-state index is -1.21. The first kappa shape index (κ1) is 13.2. The van der Waals surface area contributed by atoms with Gasteiger partial charge in [0.15, 0.2) is 0 Å². The van der Waals surface area contributed by atoms with Crippen LogP contribution in [0.25, 0.3) is 0 Å². The van der Waals surface area contributed by atoms with Crippen LogP contribution in [0.1, 0.15) is 33.6 Å². The number of hydrogen-bond donors (Lipinski definition) is 2. The van der Waals surface area contributed by atoms with E-state index in [1.165, 1.54) is 0 Å². The number of alkyl carbamates (subject to hydrolysis) is 1. The van der Waals surface area contributed by atoms with Crippen LogP contribution < -0.4 is 11.1 Å². The zero-order chi connectivity index (χ0) is 12.4. The summed E-state index contributed by atoms with van der Waals surface area (Å²) in [4.78, 5) is 11.3. The Morgan fingerprint density at radius 1 is 1.56 bits per heavy atom. The molecule has 16 heavy (non-hydrogen) atoms. The Labute approximate surface area is 95.7 Å². The van der Waals surface area contributed by atoms with Gasteiger partial charge in [-0.25, -0.2) is 9.18 Å². The van der Waals surface area contributed by atoms with Crippen molar-refractivity contribution in [2.45, 2.75) is 44.9 Å². The first-order valence-electron chi connectivity index (χ1n) is 5.60. The van der Waals surface area contributed by atoms with E-state index in [1.807, 2.05) is 0 Å². The lowest BCUT2D eigenvalue weighted by Gasteiger charge is -2.40. The monoisotopic (exact) mass is 232 g/mol. The topological polar surface area (TPSA) is 64.3 Å². The van der Waals surface area contributed by atoms with Crippen molar-refractivity contribution in [3.05, 3.63) is 0 Å². The lowest BCUT2D eigenvalue weighted by Crippen LogP contribution is -2.49. The molecule has 0 unspecified atom stereocenters. The zero-order valence-electron chi connectivity index (χ0n) is 10.2. The molecule has 0 spiro atoms. The fourth-order valence-corrected chi connectivity index (χ4v) is 1.83. The Kier molecular flexibility index (Phi) is 3.78. The second-order valence-corrected chi connectivity index (χ2v) is 5.51. The van der Waals surface area contributed by atoms with Crippen LogP contribution in [-0.2, 0) is 4.74 Å². The van der Waals surface area contributed by atoms with Gasteiger partial charge in [0, 0.05) is 13.1 Å². The van der Waals surface area contributed by atoms with Gasteiger partial charge in [-0.2, -0.15) is 0 Å². The number of halogens is 1. The van der Waals surface area contributed by atoms with Crippen molar-refractivity contribution in [3.8, 4) is 0 Å². The third-order valence-corrected chi connectivity index (χ3v) is 2.61. The molecule has 1 fully saturated rings. The van der Waals surface area contributed by atoms with Gasteiger partial charge in [-0.15, -0.1) is 0 Å². The molecule has 4 nitrogen and oxygen atoms in total. The summed E-state index contributed by atoms with van der Waals surface area (Å²) in [5.41, 5.74) is 3.58. The predicted molar refractivity (Wildman–Crippen MR) is 59.9 cm³/mol. The van der Waals surface area contributed by atoms with Crippen molar-refractivity contribution in [2.75, 3.05) is 13.1 Å². The summed E-state index contributed by atoms with van der Waals surface area (Å²) in [6.45, 7) is 5.93. The van der Waals surface area contributed by atoms with Gasteiger partial charge >= 0.3 is 6.09 Å². The van der Waals surface area contributed by atoms with E-state index in [0.29, 0.717) is 19.4 Å². The van der Waals surface area contributed by atoms with E-state index in [4.69, 9.17) is 10.5 Å². The van der Waals surface area contributed by atoms with Gasteiger partial charge in [0.1, 0.15) is 11.3 Å². The number of amides is 1. The largest absolute Gasteiger partial charge is 0.444 e. The quantitative estimate of drug-likeness (QED) is 0.776. The second-order valence-electron chi connectivity index (χ2n) is 5.51. The number of nitrogens with two attached hydrogens (primary N) is 1. The standard InChI is InChI=1S/C11H21FN2O2/c1-10(2,3)16-9(15)14-6-8-4-11(12,5-8)7-13/h8H,4-7,13H2,1-3H3,(H,14,15). The normalized spacial score (nSPS) is 29.4. The Balaban J connectivity index is 2.16. The summed E-state index contributed by atoms with van der Waals surface area (Å²) < 4.78 is 18.5. The van der Waals surface area contributed by atoms with E-state index in [-0.39, 0.29) is 12.5 Å². The number of carbonyl (C=O) groups is 1. The van der Waals surface area contributed by atoms with E-state index in [0.717, 1.165) is 0 Å². The highest BCUT2D eigenvalue weighted by Gasteiger charge is 2.43. The van der Waals surface area contributed by atoms with E-state index in [2.05, 4.69) is 5.32 Å². The molecular weight excluding hydrogens is 211 g/mol. The van der Waals surface area contributed by atoms with Gasteiger partial charge in [0.2, 0.25) is 0 Å². The fourth-order valence-electron chi connectivity index (χ4n) is 1.83. The van der Waals surface area contributed by atoms with Crippen LogP contribution in [0.4, 0.5) is 9.18 Å². The molecule has 1 amide bonds. The molecular formula is C11H21FN2O2. The number of nitrogens with one attached hydrogen (secondary N) is 1. The van der Waals surface area contributed by atoms with Crippen molar-refractivity contribution >= 4 is 6.09 Å². The lowest BCUT2D eigenvalue weighted by atomic mass is 9.72. The Hall–Kier alpha value is -0.840. The van der Waals surface area contributed by atoms with E-state index in [9.17, 15) is 9.18 Å². The predicted octanol–water partition coefficient (Wildman–Crippen LogP) is 1.59. The molecule has 1 rings (SSSR count). The summed E-state index contributed by atoms with van der Waals surface area (Å²) in [5.74, 6) is 0.182. The van der Waals surface area contributed by atoms with Gasteiger partial charge < -0.3 is 15.8 Å². The Morgan fingerprint density at radius 3 is 2.56 bits per heavy atom. The van der Waals surface area contributed by atoms with Crippen LogP contribution in [0.3, 0.4) is 0 Å². The molecule has 1 aliphatic rings. The molecule has 0 aliphatic heterocycles. The third-order valence-electron chi connectivity index (χ3n) is 2.61. The molecule has 0 aromatic heterocycles. The second kappa shape index (κ2) is 4.57. The maximum Gasteiger partial charge on any atom is 0.407 e. The van der Waals surface area contributed by atoms with Crippen LogP contribution in [0, 0.1) is 5.92 Å². The van der Waals surface area contributed by atoms with E-state index < -0.39 is 17.4 Å². The highest BCUT2D eigenvalue weighted by Crippen LogP contribution is 2.39. The maximum absolute atomic E-state index is 13.4. The fraction of sp³-hybridized carbons (Fsp3) is 0.909. The van der Waals surface area contributed by atoms with Gasteiger partial charge in [-0.3, -0.25) is 0 Å². The molecule has 0 aromatic rings. The molecule has 1 aliphatic carbocycles. The lowest BCUT2D eigenvalue weighted by molar-refractivity contribution is 0.0114. The molecule has 5 heteroatoms. The number of alkyl halides is 1. The Morgan fingerprint density at radius 2 is 2.12 bits per heavy atom. The van der Waals surface area contributed by atoms with Crippen molar-refractivity contribution < 1.29 is 13.9 Å². The maximum atomic E-state index is 13.4. The average Bonchev–Trinajstić information content (AvgIpc) is 2.07. The molecule has 0 aromatic carbocycles. The molecule has 1 saturated carbocycles. The molecule has 0 bridgehead atoms. The van der Waals surface area contributed by atoms with Gasteiger partial charge in [-0.1, -0.05) is 0 Å². The summed E-state index contributed by atoms with van der Waals surface area (Å²) in [6, 6.07) is 0. The minimum Gasteiger partial charge on any atom is -0.444 e. The highest BCUT2D eigenvalue weighted by atomic mass is 19.1. The SMILES string of the molecule is CC(C)(C)OC(=O)NCC1CC(F)(CN)C1. The van der Waals surface area contributed by atoms with Crippen molar-refractivity contribution in [1.82, 2.24) is 5.32 Å². The molecule has 0 heterocycles. The number of carbonyl (C=O) groups excluding carboxylic acids is 1. The van der Waals surface area contributed by atoms with Gasteiger partial charge in [0.25, 0.3) is 0 Å². The van der Waals surface area contributed by atoms with Crippen LogP contribution in [0.15, 0.2) is 0 Å². The Bertz CT molecular complexity index is 257. The smallest absolute Gasteiger partial charge is 0.407 e. The summed E-state index contributed by atoms with van der Waals surface area (Å²) in [5, 5.41) is 2.63. The summed E-state index contributed by atoms with van der Waals surface area (Å²) in [6.07, 6.45) is 0.412. The van der Waals surface area contributed by atoms with Crippen LogP contribution in [0.5, 0.6) is 0 Å². The molecule has 0 saturated heterocycles. The number of ether oxygens (including phenoxy) is 1. The average molecular weight is 232 g/mol. The molecule has 3 N–H and O–H groups in total. The molecule has 0 radical (unpaired) electrons.